The fourth-order valence-corrected chi connectivity index (χ4v) is 2.61. The average molecular weight is 277 g/mol. The van der Waals surface area contributed by atoms with Crippen molar-refractivity contribution in [3.63, 3.8) is 0 Å². The van der Waals surface area contributed by atoms with Crippen molar-refractivity contribution in [2.45, 2.75) is 25.9 Å². The number of nitrogens with zero attached hydrogens (tertiary/aromatic N) is 2. The van der Waals surface area contributed by atoms with E-state index in [2.05, 4.69) is 9.97 Å². The molecule has 1 atom stereocenters. The monoisotopic (exact) mass is 277 g/mol. The van der Waals surface area contributed by atoms with Crippen molar-refractivity contribution < 1.29 is 14.3 Å². The lowest BCUT2D eigenvalue weighted by Crippen LogP contribution is -2.42. The van der Waals surface area contributed by atoms with Gasteiger partial charge in [-0.15, -0.1) is 0 Å². The summed E-state index contributed by atoms with van der Waals surface area (Å²) < 4.78 is 5.38. The number of likely N-dealkylation sites (tertiary alicyclic amines) is 1. The van der Waals surface area contributed by atoms with Crippen LogP contribution in [0.3, 0.4) is 0 Å². The molecule has 2 N–H and O–H groups in total. The number of carbonyl (C=O) groups excluding carboxylic acids is 1. The highest BCUT2D eigenvalue weighted by atomic mass is 16.3. The normalized spacial score (nSPS) is 19.5. The van der Waals surface area contributed by atoms with Gasteiger partial charge in [-0.2, -0.15) is 0 Å². The van der Waals surface area contributed by atoms with E-state index >= 15 is 0 Å². The van der Waals surface area contributed by atoms with Crippen molar-refractivity contribution in [3.8, 4) is 0 Å². The molecule has 0 bridgehead atoms. The van der Waals surface area contributed by atoms with Gasteiger partial charge in [-0.3, -0.25) is 9.59 Å². The summed E-state index contributed by atoms with van der Waals surface area (Å²) >= 11 is 0. The van der Waals surface area contributed by atoms with Crippen LogP contribution >= 0.6 is 0 Å². The lowest BCUT2D eigenvalue weighted by Gasteiger charge is -2.29. The molecular formula is C13H15N3O4. The van der Waals surface area contributed by atoms with Crippen molar-refractivity contribution in [2.24, 2.45) is 0 Å². The molecule has 3 rings (SSSR count). The standard InChI is InChI=1S/C13H15N3O4/c1-7-9(10-11(18)14-6-15-12(10)20-7)13(19)16-4-2-3-8(17)5-16/h6,8,17H,2-5H2,1H3,(H,14,15,18). The molecule has 0 radical (unpaired) electrons. The number of aliphatic hydroxyl groups is 1. The van der Waals surface area contributed by atoms with E-state index in [1.165, 1.54) is 6.33 Å². The van der Waals surface area contributed by atoms with E-state index in [4.69, 9.17) is 4.42 Å². The van der Waals surface area contributed by atoms with Gasteiger partial charge < -0.3 is 19.4 Å². The van der Waals surface area contributed by atoms with Crippen LogP contribution in [-0.4, -0.2) is 45.1 Å². The number of H-pyrrole nitrogens is 1. The number of aromatic nitrogens is 2. The number of rotatable bonds is 1. The number of aliphatic hydroxyl groups excluding tert-OH is 1. The first-order valence-corrected chi connectivity index (χ1v) is 6.52. The minimum atomic E-state index is -0.511. The van der Waals surface area contributed by atoms with Crippen LogP contribution in [0, 0.1) is 6.92 Å². The second-order valence-corrected chi connectivity index (χ2v) is 4.99. The van der Waals surface area contributed by atoms with Gasteiger partial charge in [-0.1, -0.05) is 0 Å². The summed E-state index contributed by atoms with van der Waals surface area (Å²) in [4.78, 5) is 32.4. The zero-order valence-electron chi connectivity index (χ0n) is 11.0. The van der Waals surface area contributed by atoms with E-state index in [0.717, 1.165) is 6.42 Å². The molecule has 106 valence electrons. The number of nitrogens with one attached hydrogen (secondary N) is 1. The molecule has 20 heavy (non-hydrogen) atoms. The van der Waals surface area contributed by atoms with Crippen LogP contribution in [0.15, 0.2) is 15.5 Å². The molecule has 3 heterocycles. The van der Waals surface area contributed by atoms with E-state index in [0.29, 0.717) is 18.7 Å². The fraction of sp³-hybridized carbons (Fsp3) is 0.462. The maximum absolute atomic E-state index is 12.6. The number of furan rings is 1. The van der Waals surface area contributed by atoms with Crippen molar-refractivity contribution in [3.05, 3.63) is 28.0 Å². The Balaban J connectivity index is 2.07. The SMILES string of the molecule is Cc1oc2nc[nH]c(=O)c2c1C(=O)N1CCCC(O)C1. The highest BCUT2D eigenvalue weighted by Crippen LogP contribution is 2.23. The van der Waals surface area contributed by atoms with Crippen molar-refractivity contribution in [1.29, 1.82) is 0 Å². The van der Waals surface area contributed by atoms with Crippen LogP contribution in [0.2, 0.25) is 0 Å². The predicted molar refractivity (Wildman–Crippen MR) is 70.5 cm³/mol. The summed E-state index contributed by atoms with van der Waals surface area (Å²) in [6, 6.07) is 0. The average Bonchev–Trinajstić information content (AvgIpc) is 2.75. The molecule has 1 aliphatic heterocycles. The molecule has 1 fully saturated rings. The maximum Gasteiger partial charge on any atom is 0.262 e. The van der Waals surface area contributed by atoms with E-state index in [1.54, 1.807) is 11.8 Å². The van der Waals surface area contributed by atoms with E-state index < -0.39 is 11.7 Å². The molecule has 2 aromatic heterocycles. The summed E-state index contributed by atoms with van der Waals surface area (Å²) in [5.74, 6) is 0.0766. The van der Waals surface area contributed by atoms with Gasteiger partial charge in [-0.25, -0.2) is 4.98 Å². The van der Waals surface area contributed by atoms with Crippen LogP contribution in [0.25, 0.3) is 11.1 Å². The van der Waals surface area contributed by atoms with Crippen molar-refractivity contribution in [1.82, 2.24) is 14.9 Å². The van der Waals surface area contributed by atoms with Gasteiger partial charge in [0, 0.05) is 13.1 Å². The Kier molecular flexibility index (Phi) is 3.06. The van der Waals surface area contributed by atoms with Gasteiger partial charge in [0.25, 0.3) is 11.5 Å². The molecule has 7 nitrogen and oxygen atoms in total. The second kappa shape index (κ2) is 4.75. The number of hydrogen-bond donors (Lipinski definition) is 2. The molecule has 7 heteroatoms. The van der Waals surface area contributed by atoms with Crippen LogP contribution in [0.1, 0.15) is 29.0 Å². The maximum atomic E-state index is 12.6. The number of fused-ring (bicyclic) bond motifs is 1. The molecule has 0 aliphatic carbocycles. The van der Waals surface area contributed by atoms with Gasteiger partial charge in [0.05, 0.1) is 18.0 Å². The summed E-state index contributed by atoms with van der Waals surface area (Å²) in [5.41, 5.74) is 0.00312. The molecular weight excluding hydrogens is 262 g/mol. The summed E-state index contributed by atoms with van der Waals surface area (Å²) in [5, 5.41) is 9.84. The molecule has 2 aromatic rings. The van der Waals surface area contributed by atoms with Crippen LogP contribution < -0.4 is 5.56 Å². The van der Waals surface area contributed by atoms with Gasteiger partial charge in [-0.05, 0) is 19.8 Å². The third-order valence-electron chi connectivity index (χ3n) is 3.57. The largest absolute Gasteiger partial charge is 0.442 e. The lowest BCUT2D eigenvalue weighted by molar-refractivity contribution is 0.0473. The summed E-state index contributed by atoms with van der Waals surface area (Å²) in [6.07, 6.45) is 2.17. The molecule has 1 amide bonds. The second-order valence-electron chi connectivity index (χ2n) is 4.99. The Hall–Kier alpha value is -2.15. The Morgan fingerprint density at radius 2 is 2.40 bits per heavy atom. The molecule has 0 spiro atoms. The number of carbonyl (C=O) groups is 1. The number of piperidine rings is 1. The molecule has 1 aliphatic rings. The van der Waals surface area contributed by atoms with Crippen LogP contribution in [0.5, 0.6) is 0 Å². The van der Waals surface area contributed by atoms with Gasteiger partial charge in [0.2, 0.25) is 5.71 Å². The molecule has 1 unspecified atom stereocenters. The Morgan fingerprint density at radius 1 is 1.60 bits per heavy atom. The Bertz CT molecular complexity index is 718. The first kappa shape index (κ1) is 12.9. The number of hydrogen-bond acceptors (Lipinski definition) is 5. The highest BCUT2D eigenvalue weighted by molar-refractivity contribution is 6.06. The van der Waals surface area contributed by atoms with Gasteiger partial charge in [0.15, 0.2) is 0 Å². The van der Waals surface area contributed by atoms with Crippen molar-refractivity contribution >= 4 is 17.0 Å². The first-order chi connectivity index (χ1) is 9.58. The summed E-state index contributed by atoms with van der Waals surface area (Å²) in [7, 11) is 0. The van der Waals surface area contributed by atoms with E-state index in [-0.39, 0.29) is 29.1 Å². The minimum Gasteiger partial charge on any atom is -0.442 e. The predicted octanol–water partition coefficient (Wildman–Crippen LogP) is 0.421. The van der Waals surface area contributed by atoms with Crippen LogP contribution in [-0.2, 0) is 0 Å². The number of amides is 1. The quantitative estimate of drug-likeness (QED) is 0.787. The molecule has 0 saturated carbocycles. The molecule has 0 aromatic carbocycles. The van der Waals surface area contributed by atoms with Crippen LogP contribution in [0.4, 0.5) is 0 Å². The number of β-amino-alcohol motifs (C(OH)–C–C–N with tert-alkyl or cyclic N) is 1. The minimum absolute atomic E-state index is 0.159. The van der Waals surface area contributed by atoms with E-state index in [1.807, 2.05) is 0 Å². The molecule has 1 saturated heterocycles. The third-order valence-corrected chi connectivity index (χ3v) is 3.57. The van der Waals surface area contributed by atoms with Crippen molar-refractivity contribution in [2.75, 3.05) is 13.1 Å². The first-order valence-electron chi connectivity index (χ1n) is 6.52. The Labute approximate surface area is 114 Å². The zero-order chi connectivity index (χ0) is 14.3. The third kappa shape index (κ3) is 2.00. The number of aryl methyl sites for hydroxylation is 1. The van der Waals surface area contributed by atoms with E-state index in [9.17, 15) is 14.7 Å². The summed E-state index contributed by atoms with van der Waals surface area (Å²) in [6.45, 7) is 2.48. The highest BCUT2D eigenvalue weighted by Gasteiger charge is 2.28. The zero-order valence-corrected chi connectivity index (χ0v) is 11.0. The topological polar surface area (TPSA) is 99.4 Å². The number of aromatic amines is 1. The van der Waals surface area contributed by atoms with Gasteiger partial charge >= 0.3 is 0 Å². The Morgan fingerprint density at radius 3 is 3.15 bits per heavy atom. The lowest BCUT2D eigenvalue weighted by atomic mass is 10.1. The smallest absolute Gasteiger partial charge is 0.262 e. The fourth-order valence-electron chi connectivity index (χ4n) is 2.61. The van der Waals surface area contributed by atoms with Gasteiger partial charge in [0.1, 0.15) is 11.1 Å².